The lowest BCUT2D eigenvalue weighted by Gasteiger charge is -2.15. The Hall–Kier alpha value is 0.0300. The number of hydrogen-bond donors (Lipinski definition) is 0. The highest BCUT2D eigenvalue weighted by Crippen LogP contribution is 2.37. The van der Waals surface area contributed by atoms with Gasteiger partial charge in [-0.3, -0.25) is 0 Å². The first-order valence-corrected chi connectivity index (χ1v) is 4.76. The summed E-state index contributed by atoms with van der Waals surface area (Å²) < 4.78 is 36.8. The maximum absolute atomic E-state index is 12.1. The molecule has 12 heavy (non-hydrogen) atoms. The molecular formula is C6H8F3NS2. The average molecular weight is 215 g/mol. The second-order valence-electron chi connectivity index (χ2n) is 2.45. The maximum Gasteiger partial charge on any atom is 0.402 e. The first-order chi connectivity index (χ1) is 5.45. The molecular weight excluding hydrogens is 207 g/mol. The third kappa shape index (κ3) is 2.04. The highest BCUT2D eigenvalue weighted by Gasteiger charge is 2.46. The second-order valence-corrected chi connectivity index (χ2v) is 4.29. The first-order valence-electron chi connectivity index (χ1n) is 3.47. The van der Waals surface area contributed by atoms with E-state index >= 15 is 0 Å². The van der Waals surface area contributed by atoms with E-state index in [4.69, 9.17) is 12.2 Å². The van der Waals surface area contributed by atoms with Crippen LogP contribution in [0.15, 0.2) is 0 Å². The number of alkyl halides is 3. The highest BCUT2D eigenvalue weighted by atomic mass is 32.2. The molecule has 1 unspecified atom stereocenters. The quantitative estimate of drug-likeness (QED) is 0.618. The van der Waals surface area contributed by atoms with Crippen molar-refractivity contribution in [1.29, 1.82) is 0 Å². The van der Waals surface area contributed by atoms with Crippen LogP contribution in [0.25, 0.3) is 0 Å². The van der Waals surface area contributed by atoms with Gasteiger partial charge in [0.05, 0.1) is 0 Å². The van der Waals surface area contributed by atoms with Crippen LogP contribution in [-0.2, 0) is 0 Å². The molecule has 0 radical (unpaired) electrons. The highest BCUT2D eigenvalue weighted by molar-refractivity contribution is 8.23. The van der Waals surface area contributed by atoms with Gasteiger partial charge in [0.15, 0.2) is 0 Å². The van der Waals surface area contributed by atoms with Crippen molar-refractivity contribution in [2.75, 3.05) is 13.1 Å². The van der Waals surface area contributed by atoms with Gasteiger partial charge in [0.1, 0.15) is 9.57 Å². The Balaban J connectivity index is 2.60. The molecule has 1 fully saturated rings. The molecule has 1 aliphatic heterocycles. The van der Waals surface area contributed by atoms with Gasteiger partial charge in [-0.05, 0) is 6.92 Å². The monoisotopic (exact) mass is 215 g/mol. The Morgan fingerprint density at radius 3 is 2.50 bits per heavy atom. The smallest absolute Gasteiger partial charge is 0.356 e. The van der Waals surface area contributed by atoms with Crippen LogP contribution in [0, 0.1) is 0 Å². The summed E-state index contributed by atoms with van der Waals surface area (Å²) in [5, 5.41) is -1.33. The lowest BCUT2D eigenvalue weighted by atomic mass is 10.4. The third-order valence-corrected chi connectivity index (χ3v) is 3.34. The van der Waals surface area contributed by atoms with Crippen LogP contribution in [0.3, 0.4) is 0 Å². The molecule has 1 saturated heterocycles. The van der Waals surface area contributed by atoms with Gasteiger partial charge in [0, 0.05) is 13.1 Å². The Bertz CT molecular complexity index is 192. The first kappa shape index (κ1) is 10.1. The molecule has 1 heterocycles. The van der Waals surface area contributed by atoms with E-state index in [1.165, 1.54) is 0 Å². The zero-order valence-electron chi connectivity index (χ0n) is 6.39. The summed E-state index contributed by atoms with van der Waals surface area (Å²) in [6, 6.07) is 0. The molecule has 0 aliphatic carbocycles. The SMILES string of the molecule is CCN1CC(C(F)(F)F)SC1=S. The molecule has 1 aliphatic rings. The van der Waals surface area contributed by atoms with Gasteiger partial charge in [-0.15, -0.1) is 0 Å². The predicted octanol–water partition coefficient (Wildman–Crippen LogP) is 2.27. The molecule has 0 saturated carbocycles. The van der Waals surface area contributed by atoms with Crippen molar-refractivity contribution in [3.8, 4) is 0 Å². The van der Waals surface area contributed by atoms with Gasteiger partial charge in [0.25, 0.3) is 0 Å². The van der Waals surface area contributed by atoms with Gasteiger partial charge in [-0.2, -0.15) is 13.2 Å². The van der Waals surface area contributed by atoms with Crippen LogP contribution in [-0.4, -0.2) is 33.7 Å². The van der Waals surface area contributed by atoms with E-state index in [0.717, 1.165) is 11.8 Å². The minimum atomic E-state index is -4.13. The van der Waals surface area contributed by atoms with Gasteiger partial charge in [0.2, 0.25) is 0 Å². The summed E-state index contributed by atoms with van der Waals surface area (Å²) in [5.41, 5.74) is 0. The van der Waals surface area contributed by atoms with E-state index in [9.17, 15) is 13.2 Å². The molecule has 1 nitrogen and oxygen atoms in total. The molecule has 0 aromatic heterocycles. The molecule has 0 N–H and O–H groups in total. The van der Waals surface area contributed by atoms with Crippen LogP contribution < -0.4 is 0 Å². The van der Waals surface area contributed by atoms with E-state index in [-0.39, 0.29) is 6.54 Å². The van der Waals surface area contributed by atoms with E-state index < -0.39 is 11.4 Å². The average Bonchev–Trinajstić information content (AvgIpc) is 2.29. The molecule has 0 spiro atoms. The normalized spacial score (nSPS) is 25.2. The minimum Gasteiger partial charge on any atom is -0.356 e. The summed E-state index contributed by atoms with van der Waals surface area (Å²) in [4.78, 5) is 1.57. The van der Waals surface area contributed by atoms with Crippen molar-refractivity contribution in [2.24, 2.45) is 0 Å². The summed E-state index contributed by atoms with van der Waals surface area (Å²) in [5.74, 6) is 0. The van der Waals surface area contributed by atoms with Crippen molar-refractivity contribution in [3.05, 3.63) is 0 Å². The Labute approximate surface area is 78.3 Å². The zero-order chi connectivity index (χ0) is 9.35. The number of hydrogen-bond acceptors (Lipinski definition) is 2. The number of nitrogens with zero attached hydrogens (tertiary/aromatic N) is 1. The van der Waals surface area contributed by atoms with Crippen LogP contribution in [0.2, 0.25) is 0 Å². The van der Waals surface area contributed by atoms with Crippen LogP contribution >= 0.6 is 24.0 Å². The standard InChI is InChI=1S/C6H8F3NS2/c1-2-10-3-4(6(7,8)9)12-5(10)11/h4H,2-3H2,1H3. The molecule has 1 atom stereocenters. The molecule has 0 aromatic carbocycles. The Morgan fingerprint density at radius 2 is 2.25 bits per heavy atom. The van der Waals surface area contributed by atoms with Gasteiger partial charge >= 0.3 is 6.18 Å². The minimum absolute atomic E-state index is 0.00347. The van der Waals surface area contributed by atoms with Gasteiger partial charge < -0.3 is 4.90 Å². The number of thiocarbonyl (C=S) groups is 1. The molecule has 70 valence electrons. The number of thioether (sulfide) groups is 1. The molecule has 0 bridgehead atoms. The van der Waals surface area contributed by atoms with Crippen LogP contribution in [0.1, 0.15) is 6.92 Å². The molecule has 0 aromatic rings. The fourth-order valence-electron chi connectivity index (χ4n) is 0.937. The van der Waals surface area contributed by atoms with Crippen molar-refractivity contribution >= 4 is 28.3 Å². The van der Waals surface area contributed by atoms with E-state index in [1.807, 2.05) is 0 Å². The lowest BCUT2D eigenvalue weighted by Crippen LogP contribution is -2.31. The number of rotatable bonds is 1. The Morgan fingerprint density at radius 1 is 1.67 bits per heavy atom. The maximum atomic E-state index is 12.1. The van der Waals surface area contributed by atoms with Crippen molar-refractivity contribution in [2.45, 2.75) is 18.3 Å². The van der Waals surface area contributed by atoms with Crippen molar-refractivity contribution in [1.82, 2.24) is 4.90 Å². The van der Waals surface area contributed by atoms with E-state index in [0.29, 0.717) is 10.9 Å². The van der Waals surface area contributed by atoms with E-state index in [1.54, 1.807) is 11.8 Å². The third-order valence-electron chi connectivity index (χ3n) is 1.63. The van der Waals surface area contributed by atoms with Crippen molar-refractivity contribution < 1.29 is 13.2 Å². The number of halogens is 3. The summed E-state index contributed by atoms with van der Waals surface area (Å²) in [7, 11) is 0. The largest absolute Gasteiger partial charge is 0.402 e. The summed E-state index contributed by atoms with van der Waals surface area (Å²) in [6.07, 6.45) is -4.13. The summed E-state index contributed by atoms with van der Waals surface area (Å²) >= 11 is 5.51. The molecule has 1 rings (SSSR count). The topological polar surface area (TPSA) is 3.24 Å². The molecule has 0 amide bonds. The zero-order valence-corrected chi connectivity index (χ0v) is 8.02. The fraction of sp³-hybridized carbons (Fsp3) is 0.833. The van der Waals surface area contributed by atoms with E-state index in [2.05, 4.69) is 0 Å². The fourth-order valence-corrected chi connectivity index (χ4v) is 2.47. The lowest BCUT2D eigenvalue weighted by molar-refractivity contribution is -0.128. The Kier molecular flexibility index (Phi) is 2.88. The second kappa shape index (κ2) is 3.41. The molecule has 6 heteroatoms. The summed E-state index contributed by atoms with van der Waals surface area (Å²) in [6.45, 7) is 2.35. The van der Waals surface area contributed by atoms with Crippen LogP contribution in [0.4, 0.5) is 13.2 Å². The van der Waals surface area contributed by atoms with Crippen LogP contribution in [0.5, 0.6) is 0 Å². The van der Waals surface area contributed by atoms with Crippen molar-refractivity contribution in [3.63, 3.8) is 0 Å². The van der Waals surface area contributed by atoms with Gasteiger partial charge in [-0.25, -0.2) is 0 Å². The van der Waals surface area contributed by atoms with Gasteiger partial charge in [-0.1, -0.05) is 24.0 Å². The predicted molar refractivity (Wildman–Crippen MR) is 47.3 cm³/mol.